The second kappa shape index (κ2) is 6.94. The van der Waals surface area contributed by atoms with Crippen LogP contribution >= 0.6 is 0 Å². The normalized spacial score (nSPS) is 15.9. The van der Waals surface area contributed by atoms with Gasteiger partial charge in [-0.1, -0.05) is 0 Å². The molecule has 1 aliphatic heterocycles. The molecular weight excluding hydrogens is 395 g/mol. The molecule has 1 fully saturated rings. The lowest BCUT2D eigenvalue weighted by molar-refractivity contribution is -0.140. The van der Waals surface area contributed by atoms with Crippen molar-refractivity contribution in [2.24, 2.45) is 7.05 Å². The maximum absolute atomic E-state index is 14.5. The van der Waals surface area contributed by atoms with Crippen molar-refractivity contribution >= 4 is 10.9 Å². The second-order valence-electron chi connectivity index (χ2n) is 7.07. The molecular formula is C19H17F5N4O. The van der Waals surface area contributed by atoms with Gasteiger partial charge < -0.3 is 10.4 Å². The summed E-state index contributed by atoms with van der Waals surface area (Å²) in [6.07, 6.45) is -1.87. The van der Waals surface area contributed by atoms with Gasteiger partial charge in [-0.3, -0.25) is 9.67 Å². The molecule has 0 radical (unpaired) electrons. The number of rotatable bonds is 2. The molecule has 1 aliphatic rings. The van der Waals surface area contributed by atoms with Crippen molar-refractivity contribution in [3.05, 3.63) is 41.2 Å². The van der Waals surface area contributed by atoms with Gasteiger partial charge in [-0.2, -0.15) is 18.3 Å². The van der Waals surface area contributed by atoms with Gasteiger partial charge in [0.05, 0.1) is 11.1 Å². The number of hydrogen-bond acceptors (Lipinski definition) is 4. The molecule has 5 nitrogen and oxygen atoms in total. The Hall–Kier alpha value is -2.75. The standard InChI is InChI=1S/C19H17F5N4O/c1-28-14-7-13(9-2-4-25-5-3-9)26-8-11(14)17(27-28)10-6-12(19(22,23)24)16(21)18(29)15(10)20/h6-9,25,29H,2-5H2,1H3. The topological polar surface area (TPSA) is 63.0 Å². The van der Waals surface area contributed by atoms with Crippen LogP contribution in [0.2, 0.25) is 0 Å². The van der Waals surface area contributed by atoms with Crippen molar-refractivity contribution in [3.63, 3.8) is 0 Å². The van der Waals surface area contributed by atoms with Crippen LogP contribution in [0.5, 0.6) is 5.75 Å². The Bertz CT molecular complexity index is 1090. The van der Waals surface area contributed by atoms with E-state index in [-0.39, 0.29) is 11.6 Å². The van der Waals surface area contributed by atoms with Gasteiger partial charge in [0.2, 0.25) is 0 Å². The molecule has 2 aromatic heterocycles. The minimum absolute atomic E-state index is 0.148. The maximum Gasteiger partial charge on any atom is 0.419 e. The van der Waals surface area contributed by atoms with Crippen molar-refractivity contribution in [2.45, 2.75) is 24.9 Å². The van der Waals surface area contributed by atoms with Crippen molar-refractivity contribution in [3.8, 4) is 17.0 Å². The van der Waals surface area contributed by atoms with E-state index in [0.717, 1.165) is 31.6 Å². The number of aryl methyl sites for hydroxylation is 1. The van der Waals surface area contributed by atoms with Crippen LogP contribution in [0.15, 0.2) is 18.3 Å². The van der Waals surface area contributed by atoms with E-state index in [1.807, 2.05) is 0 Å². The highest BCUT2D eigenvalue weighted by molar-refractivity contribution is 5.93. The number of pyridine rings is 1. The minimum Gasteiger partial charge on any atom is -0.503 e. The Morgan fingerprint density at radius 1 is 1.14 bits per heavy atom. The van der Waals surface area contributed by atoms with Crippen LogP contribution in [-0.4, -0.2) is 33.0 Å². The molecule has 0 aliphatic carbocycles. The number of phenolic OH excluding ortho intramolecular Hbond substituents is 1. The van der Waals surface area contributed by atoms with Gasteiger partial charge in [0.1, 0.15) is 5.69 Å². The summed E-state index contributed by atoms with van der Waals surface area (Å²) in [6.45, 7) is 1.72. The SMILES string of the molecule is Cn1nc(-c2cc(C(F)(F)F)c(F)c(O)c2F)c2cnc(C3CCNCC3)cc21. The molecule has 2 N–H and O–H groups in total. The predicted molar refractivity (Wildman–Crippen MR) is 95.4 cm³/mol. The summed E-state index contributed by atoms with van der Waals surface area (Å²) in [6, 6.07) is 2.11. The summed E-state index contributed by atoms with van der Waals surface area (Å²) < 4.78 is 69.0. The number of nitrogens with zero attached hydrogens (tertiary/aromatic N) is 3. The number of aromatic nitrogens is 3. The first-order valence-electron chi connectivity index (χ1n) is 9.00. The Balaban J connectivity index is 1.88. The first kappa shape index (κ1) is 19.6. The van der Waals surface area contributed by atoms with Crippen molar-refractivity contribution in [2.75, 3.05) is 13.1 Å². The van der Waals surface area contributed by atoms with Gasteiger partial charge in [-0.15, -0.1) is 0 Å². The van der Waals surface area contributed by atoms with Crippen LogP contribution in [0.25, 0.3) is 22.2 Å². The quantitative estimate of drug-likeness (QED) is 0.622. The summed E-state index contributed by atoms with van der Waals surface area (Å²) in [5.74, 6) is -5.00. The Morgan fingerprint density at radius 3 is 2.48 bits per heavy atom. The van der Waals surface area contributed by atoms with Crippen LogP contribution in [-0.2, 0) is 13.2 Å². The third-order valence-corrected chi connectivity index (χ3v) is 5.25. The molecule has 10 heteroatoms. The van der Waals surface area contributed by atoms with Crippen molar-refractivity contribution < 1.29 is 27.1 Å². The second-order valence-corrected chi connectivity index (χ2v) is 7.07. The summed E-state index contributed by atoms with van der Waals surface area (Å²) in [5.41, 5.74) is -1.17. The number of alkyl halides is 3. The van der Waals surface area contributed by atoms with Gasteiger partial charge in [0.25, 0.3) is 0 Å². The lowest BCUT2D eigenvalue weighted by Crippen LogP contribution is -2.27. The molecule has 3 heterocycles. The number of phenols is 1. The molecule has 1 saturated heterocycles. The van der Waals surface area contributed by atoms with E-state index in [1.54, 1.807) is 13.1 Å². The van der Waals surface area contributed by atoms with E-state index in [0.29, 0.717) is 17.0 Å². The lowest BCUT2D eigenvalue weighted by atomic mass is 9.93. The fourth-order valence-electron chi connectivity index (χ4n) is 3.71. The molecule has 154 valence electrons. The highest BCUT2D eigenvalue weighted by Crippen LogP contribution is 2.41. The monoisotopic (exact) mass is 412 g/mol. The number of halogens is 5. The van der Waals surface area contributed by atoms with E-state index in [2.05, 4.69) is 15.4 Å². The van der Waals surface area contributed by atoms with Crippen LogP contribution in [0.4, 0.5) is 22.0 Å². The van der Waals surface area contributed by atoms with Gasteiger partial charge in [-0.05, 0) is 38.1 Å². The van der Waals surface area contributed by atoms with E-state index < -0.39 is 34.7 Å². The lowest BCUT2D eigenvalue weighted by Gasteiger charge is -2.22. The molecule has 0 spiro atoms. The largest absolute Gasteiger partial charge is 0.503 e. The molecule has 1 aromatic carbocycles. The molecule has 0 amide bonds. The van der Waals surface area contributed by atoms with Gasteiger partial charge in [0.15, 0.2) is 17.4 Å². The fourth-order valence-corrected chi connectivity index (χ4v) is 3.71. The first-order chi connectivity index (χ1) is 13.7. The average molecular weight is 412 g/mol. The summed E-state index contributed by atoms with van der Waals surface area (Å²) >= 11 is 0. The molecule has 0 bridgehead atoms. The predicted octanol–water partition coefficient (Wildman–Crippen LogP) is 4.10. The van der Waals surface area contributed by atoms with Gasteiger partial charge in [-0.25, -0.2) is 8.78 Å². The van der Waals surface area contributed by atoms with Crippen molar-refractivity contribution in [1.29, 1.82) is 0 Å². The molecule has 0 unspecified atom stereocenters. The van der Waals surface area contributed by atoms with Crippen LogP contribution in [0.1, 0.15) is 30.0 Å². The molecule has 3 aromatic rings. The Labute approximate surface area is 162 Å². The first-order valence-corrected chi connectivity index (χ1v) is 9.00. The smallest absolute Gasteiger partial charge is 0.419 e. The summed E-state index contributed by atoms with van der Waals surface area (Å²) in [4.78, 5) is 4.41. The number of nitrogens with one attached hydrogen (secondary N) is 1. The number of piperidine rings is 1. The zero-order valence-electron chi connectivity index (χ0n) is 15.3. The maximum atomic E-state index is 14.5. The van der Waals surface area contributed by atoms with Gasteiger partial charge in [0, 0.05) is 35.8 Å². The third-order valence-electron chi connectivity index (χ3n) is 5.25. The molecule has 4 rings (SSSR count). The Morgan fingerprint density at radius 2 is 1.83 bits per heavy atom. The van der Waals surface area contributed by atoms with Crippen LogP contribution < -0.4 is 5.32 Å². The van der Waals surface area contributed by atoms with Crippen LogP contribution in [0.3, 0.4) is 0 Å². The number of benzene rings is 1. The number of fused-ring (bicyclic) bond motifs is 1. The molecule has 0 saturated carbocycles. The highest BCUT2D eigenvalue weighted by Gasteiger charge is 2.38. The zero-order chi connectivity index (χ0) is 20.9. The third kappa shape index (κ3) is 3.31. The Kier molecular flexibility index (Phi) is 4.68. The minimum atomic E-state index is -5.10. The van der Waals surface area contributed by atoms with Gasteiger partial charge >= 0.3 is 6.18 Å². The highest BCUT2D eigenvalue weighted by atomic mass is 19.4. The number of aromatic hydroxyl groups is 1. The van der Waals surface area contributed by atoms with E-state index in [1.165, 1.54) is 10.9 Å². The van der Waals surface area contributed by atoms with E-state index in [9.17, 15) is 27.1 Å². The average Bonchev–Trinajstić information content (AvgIpc) is 3.02. The summed E-state index contributed by atoms with van der Waals surface area (Å²) in [7, 11) is 1.57. The summed E-state index contributed by atoms with van der Waals surface area (Å²) in [5, 5.41) is 17.3. The van der Waals surface area contributed by atoms with E-state index >= 15 is 0 Å². The molecule has 0 atom stereocenters. The number of hydrogen-bond donors (Lipinski definition) is 2. The molecule has 29 heavy (non-hydrogen) atoms. The van der Waals surface area contributed by atoms with Crippen LogP contribution in [0, 0.1) is 11.6 Å². The van der Waals surface area contributed by atoms with Crippen molar-refractivity contribution in [1.82, 2.24) is 20.1 Å². The zero-order valence-corrected chi connectivity index (χ0v) is 15.3. The fraction of sp³-hybridized carbons (Fsp3) is 0.368. The van der Waals surface area contributed by atoms with E-state index in [4.69, 9.17) is 0 Å².